The van der Waals surface area contributed by atoms with Crippen LogP contribution in [-0.4, -0.2) is 10.2 Å². The number of halogens is 2. The molecule has 0 saturated heterocycles. The van der Waals surface area contributed by atoms with Gasteiger partial charge in [0.05, 0.1) is 5.21 Å². The number of hydrogen-bond acceptors (Lipinski definition) is 2. The van der Waals surface area contributed by atoms with Gasteiger partial charge in [0.25, 0.3) is 0 Å². The van der Waals surface area contributed by atoms with E-state index in [1.54, 1.807) is 12.3 Å². The van der Waals surface area contributed by atoms with Gasteiger partial charge in [-0.15, -0.1) is 23.4 Å². The number of thioether (sulfide) groups is 1. The van der Waals surface area contributed by atoms with Gasteiger partial charge >= 0.3 is 0 Å². The molecular weight excluding hydrogens is 189 g/mol. The van der Waals surface area contributed by atoms with Gasteiger partial charge in [-0.3, -0.25) is 0 Å². The predicted octanol–water partition coefficient (Wildman–Crippen LogP) is 3.02. The summed E-state index contributed by atoms with van der Waals surface area (Å²) in [5.41, 5.74) is 0. The second-order valence-electron chi connectivity index (χ2n) is 1.57. The second kappa shape index (κ2) is 4.06. The van der Waals surface area contributed by atoms with Crippen LogP contribution in [0.25, 0.3) is 0 Å². The Morgan fingerprint density at radius 1 is 1.60 bits per heavy atom. The first-order valence-electron chi connectivity index (χ1n) is 2.63. The first kappa shape index (κ1) is 8.18. The van der Waals surface area contributed by atoms with Gasteiger partial charge < -0.3 is 0 Å². The van der Waals surface area contributed by atoms with E-state index >= 15 is 0 Å². The van der Waals surface area contributed by atoms with Crippen molar-refractivity contribution < 1.29 is 0 Å². The van der Waals surface area contributed by atoms with E-state index in [-0.39, 0.29) is 0 Å². The summed E-state index contributed by atoms with van der Waals surface area (Å²) in [7, 11) is 0. The Labute approximate surface area is 73.7 Å². The van der Waals surface area contributed by atoms with E-state index in [2.05, 4.69) is 4.98 Å². The van der Waals surface area contributed by atoms with Crippen molar-refractivity contribution in [1.82, 2.24) is 4.98 Å². The van der Waals surface area contributed by atoms with Gasteiger partial charge in [-0.2, -0.15) is 0 Å². The zero-order chi connectivity index (χ0) is 7.40. The van der Waals surface area contributed by atoms with Crippen LogP contribution in [0, 0.1) is 0 Å². The van der Waals surface area contributed by atoms with Crippen LogP contribution in [0.5, 0.6) is 0 Å². The summed E-state index contributed by atoms with van der Waals surface area (Å²) in [4.78, 5) is 4.88. The van der Waals surface area contributed by atoms with Crippen molar-refractivity contribution in [3.05, 3.63) is 23.5 Å². The Morgan fingerprint density at radius 3 is 3.00 bits per heavy atom. The predicted molar refractivity (Wildman–Crippen MR) is 45.8 cm³/mol. The topological polar surface area (TPSA) is 12.9 Å². The Morgan fingerprint density at radius 2 is 2.40 bits per heavy atom. The number of pyridine rings is 1. The molecule has 0 aromatic carbocycles. The molecule has 0 aliphatic heterocycles. The molecule has 0 bridgehead atoms. The Balaban J connectivity index is 2.75. The summed E-state index contributed by atoms with van der Waals surface area (Å²) < 4.78 is 0. The molecule has 0 aliphatic rings. The average Bonchev–Trinajstić information content (AvgIpc) is 1.88. The number of hydrogen-bond donors (Lipinski definition) is 0. The van der Waals surface area contributed by atoms with Gasteiger partial charge in [-0.25, -0.2) is 4.98 Å². The molecule has 0 radical (unpaired) electrons. The van der Waals surface area contributed by atoms with Crippen molar-refractivity contribution in [2.75, 3.05) is 5.21 Å². The Kier molecular flexibility index (Phi) is 3.32. The highest BCUT2D eigenvalue weighted by atomic mass is 35.5. The highest BCUT2D eigenvalue weighted by molar-refractivity contribution is 8.00. The highest BCUT2D eigenvalue weighted by Crippen LogP contribution is 2.20. The van der Waals surface area contributed by atoms with Crippen LogP contribution in [0.4, 0.5) is 0 Å². The van der Waals surface area contributed by atoms with Crippen molar-refractivity contribution in [2.24, 2.45) is 0 Å². The largest absolute Gasteiger partial charge is 0.244 e. The van der Waals surface area contributed by atoms with Crippen molar-refractivity contribution in [1.29, 1.82) is 0 Å². The summed E-state index contributed by atoms with van der Waals surface area (Å²) in [6.07, 6.45) is 1.66. The number of alkyl halides is 1. The first-order chi connectivity index (χ1) is 4.83. The van der Waals surface area contributed by atoms with Gasteiger partial charge in [-0.1, -0.05) is 11.6 Å². The van der Waals surface area contributed by atoms with E-state index in [1.165, 1.54) is 11.8 Å². The molecule has 0 unspecified atom stereocenters. The van der Waals surface area contributed by atoms with Crippen molar-refractivity contribution in [2.45, 2.75) is 4.90 Å². The van der Waals surface area contributed by atoms with Crippen molar-refractivity contribution in [3.63, 3.8) is 0 Å². The molecule has 0 N–H and O–H groups in total. The highest BCUT2D eigenvalue weighted by Gasteiger charge is 1.92. The third-order valence-electron chi connectivity index (χ3n) is 0.919. The molecule has 1 nitrogen and oxygen atoms in total. The molecule has 0 aliphatic carbocycles. The molecule has 1 rings (SSSR count). The maximum Gasteiger partial charge on any atom is 0.130 e. The third kappa shape index (κ3) is 2.37. The minimum absolute atomic E-state index is 0.509. The first-order valence-corrected chi connectivity index (χ1v) is 4.53. The SMILES string of the molecule is ClCSc1ccnc(Cl)c1. The van der Waals surface area contributed by atoms with E-state index in [9.17, 15) is 0 Å². The molecular formula is C6H5Cl2NS. The average molecular weight is 194 g/mol. The van der Waals surface area contributed by atoms with Gasteiger partial charge in [-0.05, 0) is 12.1 Å². The molecule has 1 heterocycles. The maximum atomic E-state index is 5.61. The van der Waals surface area contributed by atoms with Gasteiger partial charge in [0.1, 0.15) is 5.15 Å². The van der Waals surface area contributed by atoms with E-state index in [4.69, 9.17) is 23.2 Å². The molecule has 0 spiro atoms. The fraction of sp³-hybridized carbons (Fsp3) is 0.167. The fourth-order valence-electron chi connectivity index (χ4n) is 0.537. The Hall–Kier alpha value is 0.0800. The molecule has 0 fully saturated rings. The Bertz CT molecular complexity index is 217. The van der Waals surface area contributed by atoms with E-state index in [1.807, 2.05) is 6.07 Å². The summed E-state index contributed by atoms with van der Waals surface area (Å²) in [6, 6.07) is 3.66. The molecule has 4 heteroatoms. The van der Waals surface area contributed by atoms with Crippen LogP contribution >= 0.6 is 35.0 Å². The van der Waals surface area contributed by atoms with Gasteiger partial charge in [0.2, 0.25) is 0 Å². The number of rotatable bonds is 2. The molecule has 1 aromatic heterocycles. The van der Waals surface area contributed by atoms with Crippen LogP contribution < -0.4 is 0 Å². The summed E-state index contributed by atoms with van der Waals surface area (Å²) in [6.45, 7) is 0. The van der Waals surface area contributed by atoms with Crippen molar-refractivity contribution >= 4 is 35.0 Å². The lowest BCUT2D eigenvalue weighted by atomic mass is 10.5. The molecule has 0 amide bonds. The van der Waals surface area contributed by atoms with E-state index in [0.717, 1.165) is 4.90 Å². The molecule has 0 saturated carbocycles. The number of nitrogens with zero attached hydrogens (tertiary/aromatic N) is 1. The minimum atomic E-state index is 0.509. The lowest BCUT2D eigenvalue weighted by Crippen LogP contribution is -1.74. The monoisotopic (exact) mass is 193 g/mol. The molecule has 10 heavy (non-hydrogen) atoms. The van der Waals surface area contributed by atoms with Gasteiger partial charge in [0, 0.05) is 11.1 Å². The number of aromatic nitrogens is 1. The normalized spacial score (nSPS) is 9.80. The smallest absolute Gasteiger partial charge is 0.130 e. The van der Waals surface area contributed by atoms with E-state index in [0.29, 0.717) is 10.4 Å². The standard InChI is InChI=1S/C6H5Cl2NS/c7-4-10-5-1-2-9-6(8)3-5/h1-3H,4H2. The third-order valence-corrected chi connectivity index (χ3v) is 2.15. The zero-order valence-corrected chi connectivity index (χ0v) is 7.38. The van der Waals surface area contributed by atoms with Crippen LogP contribution in [0.2, 0.25) is 5.15 Å². The van der Waals surface area contributed by atoms with Crippen LogP contribution in [0.1, 0.15) is 0 Å². The second-order valence-corrected chi connectivity index (χ2v) is 3.59. The minimum Gasteiger partial charge on any atom is -0.244 e. The quantitative estimate of drug-likeness (QED) is 0.407. The summed E-state index contributed by atoms with van der Waals surface area (Å²) in [5.74, 6) is 0. The van der Waals surface area contributed by atoms with Crippen LogP contribution in [-0.2, 0) is 0 Å². The summed E-state index contributed by atoms with van der Waals surface area (Å²) >= 11 is 12.6. The van der Waals surface area contributed by atoms with E-state index < -0.39 is 0 Å². The van der Waals surface area contributed by atoms with Crippen molar-refractivity contribution in [3.8, 4) is 0 Å². The molecule has 1 aromatic rings. The summed E-state index contributed by atoms with van der Waals surface area (Å²) in [5, 5.41) is 1.05. The lowest BCUT2D eigenvalue weighted by molar-refractivity contribution is 1.26. The fourth-order valence-corrected chi connectivity index (χ4v) is 1.63. The van der Waals surface area contributed by atoms with Crippen LogP contribution in [0.3, 0.4) is 0 Å². The van der Waals surface area contributed by atoms with Gasteiger partial charge in [0.15, 0.2) is 0 Å². The molecule has 54 valence electrons. The zero-order valence-electron chi connectivity index (χ0n) is 5.05. The maximum absolute atomic E-state index is 5.61. The van der Waals surface area contributed by atoms with Crippen LogP contribution in [0.15, 0.2) is 23.2 Å². The lowest BCUT2D eigenvalue weighted by Gasteiger charge is -1.94. The molecule has 0 atom stereocenters.